The molecule has 0 aromatic carbocycles. The zero-order valence-corrected chi connectivity index (χ0v) is 12.5. The van der Waals surface area contributed by atoms with E-state index in [4.69, 9.17) is 9.47 Å². The molecule has 0 bridgehead atoms. The number of hydrogen-bond donors (Lipinski definition) is 1. The zero-order chi connectivity index (χ0) is 13.6. The first-order valence-electron chi connectivity index (χ1n) is 6.26. The monoisotopic (exact) mass is 270 g/mol. The lowest BCUT2D eigenvalue weighted by atomic mass is 9.82. The van der Waals surface area contributed by atoms with E-state index in [0.29, 0.717) is 0 Å². The molecule has 0 spiro atoms. The summed E-state index contributed by atoms with van der Waals surface area (Å²) in [5.41, 5.74) is -0.502. The summed E-state index contributed by atoms with van der Waals surface area (Å²) in [6.45, 7) is 8.26. The van der Waals surface area contributed by atoms with Gasteiger partial charge < -0.3 is 14.6 Å². The molecule has 2 rings (SSSR count). The Hall–Kier alpha value is -0.580. The minimum absolute atomic E-state index is 0.0834. The molecule has 1 N–H and O–H groups in total. The van der Waals surface area contributed by atoms with Crippen molar-refractivity contribution >= 4 is 11.3 Å². The molecule has 1 saturated heterocycles. The largest absolute Gasteiger partial charge is 0.495 e. The van der Waals surface area contributed by atoms with Crippen LogP contribution in [0.15, 0.2) is 11.4 Å². The second-order valence-electron chi connectivity index (χ2n) is 6.07. The molecule has 1 fully saturated rings. The fourth-order valence-corrected chi connectivity index (χ4v) is 3.88. The smallest absolute Gasteiger partial charge is 0.135 e. The minimum Gasteiger partial charge on any atom is -0.495 e. The molecule has 0 aliphatic carbocycles. The van der Waals surface area contributed by atoms with E-state index in [1.54, 1.807) is 7.11 Å². The molecule has 0 saturated carbocycles. The first kappa shape index (κ1) is 13.8. The van der Waals surface area contributed by atoms with E-state index in [9.17, 15) is 5.11 Å². The Labute approximate surface area is 113 Å². The Kier molecular flexibility index (Phi) is 3.47. The molecule has 18 heavy (non-hydrogen) atoms. The highest BCUT2D eigenvalue weighted by atomic mass is 32.1. The van der Waals surface area contributed by atoms with Gasteiger partial charge in [0.05, 0.1) is 29.3 Å². The SMILES string of the molecule is COc1ccsc1C(O)C1CC(C)(C)OC1(C)C. The molecule has 2 unspecified atom stereocenters. The first-order chi connectivity index (χ1) is 8.27. The Balaban J connectivity index is 2.27. The second kappa shape index (κ2) is 4.51. The lowest BCUT2D eigenvalue weighted by Crippen LogP contribution is -2.32. The fraction of sp³-hybridized carbons (Fsp3) is 0.714. The lowest BCUT2D eigenvalue weighted by molar-refractivity contribution is -0.0878. The molecule has 1 aliphatic rings. The highest BCUT2D eigenvalue weighted by Crippen LogP contribution is 2.49. The Morgan fingerprint density at radius 2 is 2.11 bits per heavy atom. The van der Waals surface area contributed by atoms with Crippen LogP contribution in [-0.4, -0.2) is 23.4 Å². The molecule has 1 aliphatic heterocycles. The van der Waals surface area contributed by atoms with Crippen LogP contribution in [0.1, 0.15) is 45.1 Å². The molecule has 2 atom stereocenters. The van der Waals surface area contributed by atoms with Crippen LogP contribution in [0.25, 0.3) is 0 Å². The van der Waals surface area contributed by atoms with Crippen molar-refractivity contribution in [3.05, 3.63) is 16.3 Å². The number of aliphatic hydroxyl groups is 1. The van der Waals surface area contributed by atoms with Crippen LogP contribution < -0.4 is 4.74 Å². The van der Waals surface area contributed by atoms with Crippen LogP contribution in [0, 0.1) is 5.92 Å². The fourth-order valence-electron chi connectivity index (χ4n) is 2.97. The maximum Gasteiger partial charge on any atom is 0.135 e. The number of hydrogen-bond acceptors (Lipinski definition) is 4. The number of methoxy groups -OCH3 is 1. The van der Waals surface area contributed by atoms with Gasteiger partial charge >= 0.3 is 0 Å². The van der Waals surface area contributed by atoms with Gasteiger partial charge in [0.25, 0.3) is 0 Å². The molecular weight excluding hydrogens is 248 g/mol. The van der Waals surface area contributed by atoms with E-state index in [0.717, 1.165) is 17.0 Å². The van der Waals surface area contributed by atoms with Crippen LogP contribution in [0.4, 0.5) is 0 Å². The van der Waals surface area contributed by atoms with Gasteiger partial charge in [-0.05, 0) is 45.6 Å². The highest BCUT2D eigenvalue weighted by Gasteiger charge is 2.49. The van der Waals surface area contributed by atoms with Gasteiger partial charge in [-0.2, -0.15) is 0 Å². The van der Waals surface area contributed by atoms with E-state index < -0.39 is 6.10 Å². The summed E-state index contributed by atoms with van der Waals surface area (Å²) in [6, 6.07) is 1.90. The van der Waals surface area contributed by atoms with Gasteiger partial charge in [-0.3, -0.25) is 0 Å². The van der Waals surface area contributed by atoms with Crippen LogP contribution in [0.5, 0.6) is 5.75 Å². The van der Waals surface area contributed by atoms with Crippen molar-refractivity contribution in [2.75, 3.05) is 7.11 Å². The van der Waals surface area contributed by atoms with E-state index in [-0.39, 0.29) is 17.1 Å². The molecule has 102 valence electrons. The Morgan fingerprint density at radius 3 is 2.61 bits per heavy atom. The number of ether oxygens (including phenoxy) is 2. The summed E-state index contributed by atoms with van der Waals surface area (Å²) in [5.74, 6) is 0.855. The van der Waals surface area contributed by atoms with Gasteiger partial charge in [-0.1, -0.05) is 0 Å². The normalized spacial score (nSPS) is 27.1. The molecular formula is C14H22O3S. The van der Waals surface area contributed by atoms with Gasteiger partial charge in [-0.15, -0.1) is 11.3 Å². The summed E-state index contributed by atoms with van der Waals surface area (Å²) in [6.07, 6.45) is 0.319. The quantitative estimate of drug-likeness (QED) is 0.915. The standard InChI is InChI=1S/C14H22O3S/c1-13(2)8-9(14(3,4)17-13)11(15)12-10(16-5)6-7-18-12/h6-7,9,11,15H,8H2,1-5H3. The van der Waals surface area contributed by atoms with Crippen molar-refractivity contribution in [1.29, 1.82) is 0 Å². The van der Waals surface area contributed by atoms with Crippen LogP contribution >= 0.6 is 11.3 Å². The summed E-state index contributed by atoms with van der Waals surface area (Å²) >= 11 is 1.54. The molecule has 3 nitrogen and oxygen atoms in total. The van der Waals surface area contributed by atoms with Crippen molar-refractivity contribution in [3.8, 4) is 5.75 Å². The van der Waals surface area contributed by atoms with Crippen molar-refractivity contribution in [2.24, 2.45) is 5.92 Å². The number of rotatable bonds is 3. The van der Waals surface area contributed by atoms with Crippen LogP contribution in [0.2, 0.25) is 0 Å². The van der Waals surface area contributed by atoms with Crippen molar-refractivity contribution in [2.45, 2.75) is 51.4 Å². The third-order valence-corrected chi connectivity index (χ3v) is 4.64. The Morgan fingerprint density at radius 1 is 1.44 bits per heavy atom. The topological polar surface area (TPSA) is 38.7 Å². The van der Waals surface area contributed by atoms with Crippen molar-refractivity contribution in [3.63, 3.8) is 0 Å². The van der Waals surface area contributed by atoms with Gasteiger partial charge in [0.2, 0.25) is 0 Å². The average molecular weight is 270 g/mol. The molecule has 1 aromatic rings. The third kappa shape index (κ3) is 2.42. The first-order valence-corrected chi connectivity index (χ1v) is 7.14. The van der Waals surface area contributed by atoms with E-state index in [1.165, 1.54) is 11.3 Å². The molecule has 1 aromatic heterocycles. The van der Waals surface area contributed by atoms with Crippen LogP contribution in [-0.2, 0) is 4.74 Å². The predicted octanol–water partition coefficient (Wildman–Crippen LogP) is 3.38. The maximum atomic E-state index is 10.6. The number of aliphatic hydroxyl groups excluding tert-OH is 1. The van der Waals surface area contributed by atoms with Crippen molar-refractivity contribution < 1.29 is 14.6 Å². The summed E-state index contributed by atoms with van der Waals surface area (Å²) in [7, 11) is 1.64. The zero-order valence-electron chi connectivity index (χ0n) is 11.7. The number of thiophene rings is 1. The molecule has 4 heteroatoms. The highest BCUT2D eigenvalue weighted by molar-refractivity contribution is 7.10. The maximum absolute atomic E-state index is 10.6. The van der Waals surface area contributed by atoms with Crippen LogP contribution in [0.3, 0.4) is 0 Å². The molecule has 0 radical (unpaired) electrons. The lowest BCUT2D eigenvalue weighted by Gasteiger charge is -2.30. The van der Waals surface area contributed by atoms with Gasteiger partial charge in [0.1, 0.15) is 5.75 Å². The third-order valence-electron chi connectivity index (χ3n) is 3.67. The minimum atomic E-state index is -0.531. The summed E-state index contributed by atoms with van der Waals surface area (Å²) in [5, 5.41) is 12.6. The molecule has 0 amide bonds. The van der Waals surface area contributed by atoms with E-state index in [1.807, 2.05) is 11.4 Å². The summed E-state index contributed by atoms with van der Waals surface area (Å²) in [4.78, 5) is 0.900. The average Bonchev–Trinajstić information content (AvgIpc) is 2.78. The summed E-state index contributed by atoms with van der Waals surface area (Å²) < 4.78 is 11.3. The predicted molar refractivity (Wildman–Crippen MR) is 73.2 cm³/mol. The van der Waals surface area contributed by atoms with Gasteiger partial charge in [-0.25, -0.2) is 0 Å². The van der Waals surface area contributed by atoms with Gasteiger partial charge in [0.15, 0.2) is 0 Å². The van der Waals surface area contributed by atoms with Crippen molar-refractivity contribution in [1.82, 2.24) is 0 Å². The van der Waals surface area contributed by atoms with E-state index in [2.05, 4.69) is 27.7 Å². The second-order valence-corrected chi connectivity index (χ2v) is 7.02. The molecule has 2 heterocycles. The van der Waals surface area contributed by atoms with E-state index >= 15 is 0 Å². The Bertz CT molecular complexity index is 422. The van der Waals surface area contributed by atoms with Gasteiger partial charge in [0, 0.05) is 5.92 Å².